The lowest BCUT2D eigenvalue weighted by Gasteiger charge is -2.16. The summed E-state index contributed by atoms with van der Waals surface area (Å²) < 4.78 is 0. The Hall–Kier alpha value is -4.31. The molecule has 2 aromatic heterocycles. The van der Waals surface area contributed by atoms with Gasteiger partial charge in [0.2, 0.25) is 0 Å². The highest BCUT2D eigenvalue weighted by atomic mass is 16.1. The zero-order chi connectivity index (χ0) is 21.9. The zero-order valence-corrected chi connectivity index (χ0v) is 17.6. The van der Waals surface area contributed by atoms with E-state index in [1.807, 2.05) is 97.9 Å². The molecule has 0 fully saturated rings. The molecule has 3 aromatic carbocycles. The van der Waals surface area contributed by atoms with E-state index in [0.717, 1.165) is 38.9 Å². The van der Waals surface area contributed by atoms with Gasteiger partial charge < -0.3 is 5.32 Å². The molecule has 0 saturated heterocycles. The molecule has 0 atom stereocenters. The highest BCUT2D eigenvalue weighted by molar-refractivity contribution is 6.13. The Morgan fingerprint density at radius 1 is 0.688 bits per heavy atom. The molecule has 5 rings (SSSR count). The van der Waals surface area contributed by atoms with E-state index in [1.165, 1.54) is 0 Å². The quantitative estimate of drug-likeness (QED) is 0.363. The van der Waals surface area contributed by atoms with Gasteiger partial charge in [-0.05, 0) is 47.9 Å². The Labute approximate surface area is 186 Å². The topological polar surface area (TPSA) is 54.9 Å². The van der Waals surface area contributed by atoms with Crippen molar-refractivity contribution in [2.75, 3.05) is 5.32 Å². The van der Waals surface area contributed by atoms with Gasteiger partial charge in [-0.2, -0.15) is 0 Å². The van der Waals surface area contributed by atoms with Crippen LogP contribution >= 0.6 is 0 Å². The van der Waals surface area contributed by atoms with Crippen LogP contribution in [-0.2, 0) is 0 Å². The normalized spacial score (nSPS) is 10.8. The molecule has 0 bridgehead atoms. The summed E-state index contributed by atoms with van der Waals surface area (Å²) in [6.07, 6.45) is 3.52. The number of carbonyl (C=O) groups is 1. The summed E-state index contributed by atoms with van der Waals surface area (Å²) in [4.78, 5) is 22.6. The molecule has 0 radical (unpaired) electrons. The van der Waals surface area contributed by atoms with Crippen molar-refractivity contribution in [2.45, 2.75) is 6.92 Å². The number of anilines is 1. The number of nitrogens with zero attached hydrogens (tertiary/aromatic N) is 2. The second-order valence-corrected chi connectivity index (χ2v) is 7.59. The average molecular weight is 415 g/mol. The van der Waals surface area contributed by atoms with Crippen LogP contribution in [0.3, 0.4) is 0 Å². The van der Waals surface area contributed by atoms with Crippen LogP contribution in [0.25, 0.3) is 33.3 Å². The number of hydrogen-bond acceptors (Lipinski definition) is 3. The van der Waals surface area contributed by atoms with Gasteiger partial charge in [0.1, 0.15) is 0 Å². The van der Waals surface area contributed by atoms with E-state index < -0.39 is 0 Å². The summed E-state index contributed by atoms with van der Waals surface area (Å²) >= 11 is 0. The van der Waals surface area contributed by atoms with Crippen molar-refractivity contribution < 1.29 is 4.79 Å². The van der Waals surface area contributed by atoms with Crippen LogP contribution < -0.4 is 5.32 Å². The SMILES string of the molecule is Cc1cccc(-c2ccccc2-c2ccccn2)c1C(=O)Nc1cccc2cccnc12. The highest BCUT2D eigenvalue weighted by Crippen LogP contribution is 2.34. The number of fused-ring (bicyclic) bond motifs is 1. The number of aromatic nitrogens is 2. The molecule has 0 saturated carbocycles. The maximum absolute atomic E-state index is 13.6. The van der Waals surface area contributed by atoms with Crippen molar-refractivity contribution >= 4 is 22.5 Å². The Balaban J connectivity index is 1.62. The Morgan fingerprint density at radius 3 is 2.25 bits per heavy atom. The number of pyridine rings is 2. The number of rotatable bonds is 4. The summed E-state index contributed by atoms with van der Waals surface area (Å²) in [5, 5.41) is 4.08. The maximum atomic E-state index is 13.6. The van der Waals surface area contributed by atoms with Crippen LogP contribution in [0, 0.1) is 6.92 Å². The van der Waals surface area contributed by atoms with E-state index >= 15 is 0 Å². The van der Waals surface area contributed by atoms with Crippen LogP contribution in [0.1, 0.15) is 15.9 Å². The number of hydrogen-bond donors (Lipinski definition) is 1. The van der Waals surface area contributed by atoms with Crippen LogP contribution in [-0.4, -0.2) is 15.9 Å². The first-order valence-corrected chi connectivity index (χ1v) is 10.5. The Kier molecular flexibility index (Phi) is 5.18. The van der Waals surface area contributed by atoms with E-state index in [9.17, 15) is 4.79 Å². The lowest BCUT2D eigenvalue weighted by molar-refractivity contribution is 0.102. The molecule has 0 unspecified atom stereocenters. The van der Waals surface area contributed by atoms with E-state index in [-0.39, 0.29) is 5.91 Å². The van der Waals surface area contributed by atoms with Crippen LogP contribution in [0.4, 0.5) is 5.69 Å². The third-order valence-corrected chi connectivity index (χ3v) is 5.54. The molecule has 1 N–H and O–H groups in total. The van der Waals surface area contributed by atoms with Crippen LogP contribution in [0.15, 0.2) is 103 Å². The van der Waals surface area contributed by atoms with Crippen molar-refractivity contribution in [1.29, 1.82) is 0 Å². The number of aryl methyl sites for hydroxylation is 1. The molecule has 2 heterocycles. The largest absolute Gasteiger partial charge is 0.320 e. The van der Waals surface area contributed by atoms with Gasteiger partial charge >= 0.3 is 0 Å². The van der Waals surface area contributed by atoms with Gasteiger partial charge in [0, 0.05) is 23.3 Å². The van der Waals surface area contributed by atoms with E-state index in [4.69, 9.17) is 0 Å². The van der Waals surface area contributed by atoms with Gasteiger partial charge in [-0.1, -0.05) is 66.7 Å². The van der Waals surface area contributed by atoms with Crippen LogP contribution in [0.2, 0.25) is 0 Å². The lowest BCUT2D eigenvalue weighted by Crippen LogP contribution is -2.15. The maximum Gasteiger partial charge on any atom is 0.256 e. The van der Waals surface area contributed by atoms with Gasteiger partial charge in [-0.25, -0.2) is 0 Å². The van der Waals surface area contributed by atoms with Gasteiger partial charge in [0.25, 0.3) is 5.91 Å². The first-order valence-electron chi connectivity index (χ1n) is 10.5. The minimum Gasteiger partial charge on any atom is -0.320 e. The fraction of sp³-hybridized carbons (Fsp3) is 0.0357. The fourth-order valence-electron chi connectivity index (χ4n) is 4.05. The predicted molar refractivity (Wildman–Crippen MR) is 130 cm³/mol. The highest BCUT2D eigenvalue weighted by Gasteiger charge is 2.19. The monoisotopic (exact) mass is 415 g/mol. The smallest absolute Gasteiger partial charge is 0.256 e. The second-order valence-electron chi connectivity index (χ2n) is 7.59. The van der Waals surface area contributed by atoms with E-state index in [2.05, 4.69) is 15.3 Å². The zero-order valence-electron chi connectivity index (χ0n) is 17.6. The molecule has 5 aromatic rings. The summed E-state index contributed by atoms with van der Waals surface area (Å²) in [6.45, 7) is 1.96. The molecular weight excluding hydrogens is 394 g/mol. The lowest BCUT2D eigenvalue weighted by atomic mass is 9.91. The summed E-state index contributed by atoms with van der Waals surface area (Å²) in [5.74, 6) is -0.160. The third kappa shape index (κ3) is 3.63. The minimum atomic E-state index is -0.160. The van der Waals surface area contributed by atoms with Gasteiger partial charge in [0.15, 0.2) is 0 Å². The first kappa shape index (κ1) is 19.6. The minimum absolute atomic E-state index is 0.160. The van der Waals surface area contributed by atoms with Crippen molar-refractivity contribution in [3.05, 3.63) is 115 Å². The van der Waals surface area contributed by atoms with Gasteiger partial charge in [0.05, 0.1) is 22.5 Å². The standard InChI is InChI=1S/C28H21N3O/c1-19-9-6-14-23(21-12-2-3-13-22(21)24-15-4-5-17-29-24)26(19)28(32)31-25-16-7-10-20-11-8-18-30-27(20)25/h2-18H,1H3,(H,31,32). The van der Waals surface area contributed by atoms with Crippen molar-refractivity contribution in [2.24, 2.45) is 0 Å². The van der Waals surface area contributed by atoms with Gasteiger partial charge in [-0.3, -0.25) is 14.8 Å². The summed E-state index contributed by atoms with van der Waals surface area (Å²) in [6, 6.07) is 29.5. The molecule has 0 aliphatic carbocycles. The molecule has 1 amide bonds. The Bertz CT molecular complexity index is 1420. The predicted octanol–water partition coefficient (Wildman–Crippen LogP) is 6.52. The van der Waals surface area contributed by atoms with Crippen molar-refractivity contribution in [3.63, 3.8) is 0 Å². The Morgan fingerprint density at radius 2 is 1.41 bits per heavy atom. The summed E-state index contributed by atoms with van der Waals surface area (Å²) in [5.41, 5.74) is 6.71. The first-order chi connectivity index (χ1) is 15.7. The third-order valence-electron chi connectivity index (χ3n) is 5.54. The number of para-hydroxylation sites is 1. The number of carbonyl (C=O) groups excluding carboxylic acids is 1. The molecule has 0 aliphatic heterocycles. The molecule has 0 spiro atoms. The average Bonchev–Trinajstić information content (AvgIpc) is 2.84. The molecule has 154 valence electrons. The fourth-order valence-corrected chi connectivity index (χ4v) is 4.05. The molecule has 4 heteroatoms. The van der Waals surface area contributed by atoms with Crippen molar-refractivity contribution in [3.8, 4) is 22.4 Å². The van der Waals surface area contributed by atoms with Crippen molar-refractivity contribution in [1.82, 2.24) is 9.97 Å². The number of benzene rings is 3. The molecule has 4 nitrogen and oxygen atoms in total. The van der Waals surface area contributed by atoms with E-state index in [0.29, 0.717) is 11.3 Å². The van der Waals surface area contributed by atoms with Gasteiger partial charge in [-0.15, -0.1) is 0 Å². The number of nitrogens with one attached hydrogen (secondary N) is 1. The molecule has 0 aliphatic rings. The molecular formula is C28H21N3O. The number of amides is 1. The van der Waals surface area contributed by atoms with E-state index in [1.54, 1.807) is 12.4 Å². The second kappa shape index (κ2) is 8.44. The molecule has 32 heavy (non-hydrogen) atoms. The summed E-state index contributed by atoms with van der Waals surface area (Å²) in [7, 11) is 0. The van der Waals surface area contributed by atoms with Crippen LogP contribution in [0.5, 0.6) is 0 Å².